The van der Waals surface area contributed by atoms with Crippen LogP contribution < -0.4 is 9.47 Å². The van der Waals surface area contributed by atoms with E-state index in [0.717, 1.165) is 59.4 Å². The maximum absolute atomic E-state index is 6.68. The fourth-order valence-corrected chi connectivity index (χ4v) is 7.11. The number of rotatable bonds is 17. The van der Waals surface area contributed by atoms with Crippen molar-refractivity contribution in [1.82, 2.24) is 0 Å². The first-order valence-corrected chi connectivity index (χ1v) is 17.6. The minimum Gasteiger partial charge on any atom is -0.481 e. The Morgan fingerprint density at radius 2 is 1.05 bits per heavy atom. The predicted molar refractivity (Wildman–Crippen MR) is 188 cm³/mol. The van der Waals surface area contributed by atoms with Crippen molar-refractivity contribution in [3.8, 4) is 22.6 Å². The first-order chi connectivity index (χ1) is 21.3. The topological polar surface area (TPSA) is 36.9 Å². The Morgan fingerprint density at radius 1 is 0.568 bits per heavy atom. The Hall–Kier alpha value is -2.74. The summed E-state index contributed by atoms with van der Waals surface area (Å²) in [6, 6.07) is 33.5. The molecule has 0 saturated heterocycles. The molecule has 6 heteroatoms. The monoisotopic (exact) mass is 630 g/mol. The summed E-state index contributed by atoms with van der Waals surface area (Å²) >= 11 is 0. The minimum atomic E-state index is -0.391. The predicted octanol–water partition coefficient (Wildman–Crippen LogP) is 11.4. The summed E-state index contributed by atoms with van der Waals surface area (Å²) in [6.07, 6.45) is 3.73. The highest BCUT2D eigenvalue weighted by Crippen LogP contribution is 2.44. The van der Waals surface area contributed by atoms with E-state index in [-0.39, 0.29) is 23.0 Å². The van der Waals surface area contributed by atoms with Crippen LogP contribution in [0.15, 0.2) is 97.1 Å². The molecule has 0 saturated carbocycles. The Morgan fingerprint density at radius 3 is 1.55 bits per heavy atom. The van der Waals surface area contributed by atoms with Gasteiger partial charge in [0.2, 0.25) is 0 Å². The molecule has 44 heavy (non-hydrogen) atoms. The first kappa shape index (κ1) is 34.1. The third-order valence-corrected chi connectivity index (χ3v) is 10.6. The van der Waals surface area contributed by atoms with Gasteiger partial charge < -0.3 is 18.5 Å². The molecule has 0 fully saturated rings. The van der Waals surface area contributed by atoms with E-state index in [1.54, 1.807) is 0 Å². The normalized spacial score (nSPS) is 14.6. The van der Waals surface area contributed by atoms with Crippen molar-refractivity contribution in [1.29, 1.82) is 0 Å². The van der Waals surface area contributed by atoms with Gasteiger partial charge in [0, 0.05) is 0 Å². The smallest absolute Gasteiger partial charge is 0.149 e. The molecule has 0 heterocycles. The maximum atomic E-state index is 6.68. The van der Waals surface area contributed by atoms with Gasteiger partial charge in [0.25, 0.3) is 0 Å². The zero-order chi connectivity index (χ0) is 31.4. The number of aryl methyl sites for hydroxylation is 2. The number of hydrogen-bond acceptors (Lipinski definition) is 4. The summed E-state index contributed by atoms with van der Waals surface area (Å²) < 4.78 is 26.0. The largest absolute Gasteiger partial charge is 0.481 e. The van der Waals surface area contributed by atoms with Crippen LogP contribution in [-0.2, 0) is 22.3 Å². The second-order valence-electron chi connectivity index (χ2n) is 11.5. The summed E-state index contributed by atoms with van der Waals surface area (Å²) in [7, 11) is 0.415. The van der Waals surface area contributed by atoms with Crippen molar-refractivity contribution >= 4 is 17.6 Å². The fraction of sp³-hybridized carbons (Fsp3) is 0.368. The van der Waals surface area contributed by atoms with Crippen LogP contribution in [0.3, 0.4) is 0 Å². The Bertz CT molecular complexity index is 1470. The van der Waals surface area contributed by atoms with Gasteiger partial charge in [0.05, 0.1) is 30.8 Å². The molecular weight excluding hydrogens is 582 g/mol. The van der Waals surface area contributed by atoms with Crippen LogP contribution in [0.2, 0.25) is 0 Å². The van der Waals surface area contributed by atoms with E-state index in [1.807, 2.05) is 24.3 Å². The number of benzene rings is 4. The molecule has 4 aromatic carbocycles. The quantitative estimate of drug-likeness (QED) is 0.109. The summed E-state index contributed by atoms with van der Waals surface area (Å²) in [5, 5.41) is -0.729. The van der Waals surface area contributed by atoms with Crippen molar-refractivity contribution in [3.63, 3.8) is 0 Å². The van der Waals surface area contributed by atoms with E-state index < -0.39 is 5.34 Å². The summed E-state index contributed by atoms with van der Waals surface area (Å²) in [4.78, 5) is 0. The van der Waals surface area contributed by atoms with Gasteiger partial charge >= 0.3 is 0 Å². The average molecular weight is 631 g/mol. The van der Waals surface area contributed by atoms with Gasteiger partial charge in [-0.2, -0.15) is 0 Å². The molecule has 0 aliphatic heterocycles. The number of hydrogen-bond donors (Lipinski definition) is 0. The molecule has 4 unspecified atom stereocenters. The van der Waals surface area contributed by atoms with Crippen LogP contribution in [0.5, 0.6) is 11.5 Å². The summed E-state index contributed by atoms with van der Waals surface area (Å²) in [6.45, 7) is 13.9. The Kier molecular flexibility index (Phi) is 12.8. The van der Waals surface area contributed by atoms with Crippen LogP contribution in [-0.4, -0.2) is 10.7 Å². The Labute approximate surface area is 268 Å². The van der Waals surface area contributed by atoms with E-state index >= 15 is 0 Å². The van der Waals surface area contributed by atoms with Crippen LogP contribution >= 0.6 is 17.6 Å². The summed E-state index contributed by atoms with van der Waals surface area (Å²) in [5.41, 5.74) is 6.94. The molecule has 0 aliphatic carbocycles. The Balaban J connectivity index is 1.45. The molecule has 234 valence electrons. The zero-order valence-electron chi connectivity index (χ0n) is 27.1. The van der Waals surface area contributed by atoms with Crippen LogP contribution in [0, 0.1) is 13.8 Å². The molecule has 4 nitrogen and oxygen atoms in total. The van der Waals surface area contributed by atoms with E-state index in [2.05, 4.69) is 114 Å². The molecule has 0 N–H and O–H groups in total. The van der Waals surface area contributed by atoms with Crippen molar-refractivity contribution in [2.45, 2.75) is 91.1 Å². The van der Waals surface area contributed by atoms with Gasteiger partial charge in [0.15, 0.2) is 0 Å². The standard InChI is InChI=1S/C38H48O4P2/c1-7-26-38(9-3,42-36-25-17-11-19-30(36)5)44-40-28-32-21-13-15-23-34(32)33-22-14-12-20-31(33)27-39-43-37(6,8-2)41-35-24-16-10-18-29(35)4/h10-25,43-44H,7-9,26-28H2,1-6H3. The maximum Gasteiger partial charge on any atom is 0.149 e. The van der Waals surface area contributed by atoms with Gasteiger partial charge in [-0.05, 0) is 85.5 Å². The lowest BCUT2D eigenvalue weighted by Crippen LogP contribution is -2.30. The van der Waals surface area contributed by atoms with Crippen LogP contribution in [0.1, 0.15) is 75.6 Å². The van der Waals surface area contributed by atoms with E-state index in [1.165, 1.54) is 11.1 Å². The van der Waals surface area contributed by atoms with Gasteiger partial charge in [0.1, 0.15) is 22.2 Å². The number of ether oxygens (including phenoxy) is 2. The van der Waals surface area contributed by atoms with Gasteiger partial charge in [-0.3, -0.25) is 0 Å². The molecule has 0 spiro atoms. The van der Waals surface area contributed by atoms with Gasteiger partial charge in [-0.25, -0.2) is 0 Å². The molecule has 0 radical (unpaired) electrons. The van der Waals surface area contributed by atoms with Crippen molar-refractivity contribution in [3.05, 3.63) is 119 Å². The van der Waals surface area contributed by atoms with Gasteiger partial charge in [-0.1, -0.05) is 112 Å². The number of para-hydroxylation sites is 2. The van der Waals surface area contributed by atoms with E-state index in [9.17, 15) is 0 Å². The molecule has 0 aromatic heterocycles. The molecule has 0 aliphatic rings. The molecule has 0 bridgehead atoms. The third kappa shape index (κ3) is 9.15. The lowest BCUT2D eigenvalue weighted by molar-refractivity contribution is 0.129. The lowest BCUT2D eigenvalue weighted by Gasteiger charge is -2.33. The van der Waals surface area contributed by atoms with Crippen molar-refractivity contribution in [2.24, 2.45) is 0 Å². The van der Waals surface area contributed by atoms with Crippen LogP contribution in [0.4, 0.5) is 0 Å². The highest BCUT2D eigenvalue weighted by molar-refractivity contribution is 7.34. The highest BCUT2D eigenvalue weighted by atomic mass is 31.1. The second-order valence-corrected chi connectivity index (χ2v) is 14.5. The molecule has 4 aromatic rings. The minimum absolute atomic E-state index is 0.195. The fourth-order valence-electron chi connectivity index (χ4n) is 5.14. The van der Waals surface area contributed by atoms with Gasteiger partial charge in [-0.15, -0.1) is 0 Å². The molecule has 4 atom stereocenters. The summed E-state index contributed by atoms with van der Waals surface area (Å²) in [5.74, 6) is 1.86. The first-order valence-electron chi connectivity index (χ1n) is 15.8. The molecule has 0 amide bonds. The van der Waals surface area contributed by atoms with Crippen LogP contribution in [0.25, 0.3) is 11.1 Å². The zero-order valence-corrected chi connectivity index (χ0v) is 29.1. The van der Waals surface area contributed by atoms with Crippen molar-refractivity contribution in [2.75, 3.05) is 0 Å². The van der Waals surface area contributed by atoms with E-state index in [4.69, 9.17) is 18.5 Å². The lowest BCUT2D eigenvalue weighted by atomic mass is 9.96. The molecule has 4 rings (SSSR count). The highest BCUT2D eigenvalue weighted by Gasteiger charge is 2.31. The SMILES string of the molecule is CCCC(CC)(Oc1ccccc1C)POCc1ccccc1-c1ccccc1COPC(C)(CC)Oc1ccccc1C. The molecular formula is C38H48O4P2. The average Bonchev–Trinajstić information content (AvgIpc) is 3.04. The van der Waals surface area contributed by atoms with Crippen molar-refractivity contribution < 1.29 is 18.5 Å². The third-order valence-electron chi connectivity index (χ3n) is 8.05. The van der Waals surface area contributed by atoms with E-state index in [0.29, 0.717) is 13.2 Å². The second kappa shape index (κ2) is 16.5.